The maximum absolute atomic E-state index is 12.6. The number of benzene rings is 1. The van der Waals surface area contributed by atoms with Crippen LogP contribution in [-0.4, -0.2) is 36.9 Å². The minimum absolute atomic E-state index is 0.0545. The van der Waals surface area contributed by atoms with Crippen LogP contribution in [-0.2, 0) is 10.0 Å². The normalized spacial score (nSPS) is 14.8. The van der Waals surface area contributed by atoms with Crippen molar-refractivity contribution >= 4 is 27.6 Å². The van der Waals surface area contributed by atoms with Gasteiger partial charge in [0.05, 0.1) is 21.6 Å². The van der Waals surface area contributed by atoms with Gasteiger partial charge in [-0.25, -0.2) is 13.2 Å². The van der Waals surface area contributed by atoms with Crippen LogP contribution in [0.2, 0.25) is 5.02 Å². The first kappa shape index (κ1) is 16.7. The molecule has 0 saturated heterocycles. The zero-order valence-electron chi connectivity index (χ0n) is 11.7. The molecule has 0 radical (unpaired) electrons. The number of nitriles is 1. The van der Waals surface area contributed by atoms with Gasteiger partial charge in [-0.15, -0.1) is 0 Å². The number of rotatable bonds is 7. The van der Waals surface area contributed by atoms with Crippen molar-refractivity contribution in [1.82, 2.24) is 4.31 Å². The molecule has 0 aromatic heterocycles. The van der Waals surface area contributed by atoms with Gasteiger partial charge in [0.2, 0.25) is 10.0 Å². The van der Waals surface area contributed by atoms with Gasteiger partial charge in [-0.3, -0.25) is 0 Å². The van der Waals surface area contributed by atoms with Crippen LogP contribution in [0.1, 0.15) is 29.6 Å². The molecule has 1 aliphatic rings. The summed E-state index contributed by atoms with van der Waals surface area (Å²) in [5.41, 5.74) is -0.147. The maximum Gasteiger partial charge on any atom is 0.337 e. The van der Waals surface area contributed by atoms with E-state index in [-0.39, 0.29) is 28.4 Å². The van der Waals surface area contributed by atoms with Crippen molar-refractivity contribution in [3.63, 3.8) is 0 Å². The smallest absolute Gasteiger partial charge is 0.337 e. The van der Waals surface area contributed by atoms with Crippen LogP contribution in [0, 0.1) is 17.2 Å². The van der Waals surface area contributed by atoms with Gasteiger partial charge in [0.1, 0.15) is 0 Å². The predicted octanol–water partition coefficient (Wildman–Crippen LogP) is 2.35. The van der Waals surface area contributed by atoms with Crippen molar-refractivity contribution < 1.29 is 18.3 Å². The topological polar surface area (TPSA) is 98.5 Å². The van der Waals surface area contributed by atoms with E-state index in [9.17, 15) is 13.2 Å². The van der Waals surface area contributed by atoms with Gasteiger partial charge in [-0.05, 0) is 37.0 Å². The molecule has 0 atom stereocenters. The number of hydrogen-bond acceptors (Lipinski definition) is 4. The summed E-state index contributed by atoms with van der Waals surface area (Å²) in [6.45, 7) is 0.496. The number of hydrogen-bond donors (Lipinski definition) is 1. The summed E-state index contributed by atoms with van der Waals surface area (Å²) >= 11 is 5.84. The minimum atomic E-state index is -3.79. The Morgan fingerprint density at radius 1 is 1.45 bits per heavy atom. The molecule has 0 unspecified atom stereocenters. The Labute approximate surface area is 134 Å². The lowest BCUT2D eigenvalue weighted by Gasteiger charge is -2.21. The third kappa shape index (κ3) is 3.77. The zero-order valence-corrected chi connectivity index (χ0v) is 13.3. The molecule has 1 aromatic rings. The number of carbonyl (C=O) groups is 1. The molecular weight excluding hydrogens is 328 g/mol. The molecule has 0 aliphatic heterocycles. The van der Waals surface area contributed by atoms with Crippen molar-refractivity contribution in [1.29, 1.82) is 5.26 Å². The van der Waals surface area contributed by atoms with Gasteiger partial charge >= 0.3 is 5.97 Å². The average molecular weight is 343 g/mol. The number of halogens is 1. The van der Waals surface area contributed by atoms with Crippen LogP contribution in [0.3, 0.4) is 0 Å². The van der Waals surface area contributed by atoms with Gasteiger partial charge in [0.15, 0.2) is 0 Å². The molecule has 0 amide bonds. The molecule has 1 aromatic carbocycles. The largest absolute Gasteiger partial charge is 0.478 e. The summed E-state index contributed by atoms with van der Waals surface area (Å²) in [5.74, 6) is -0.879. The van der Waals surface area contributed by atoms with Crippen LogP contribution in [0.25, 0.3) is 0 Å². The fraction of sp³-hybridized carbons (Fsp3) is 0.429. The number of carboxylic acids is 1. The molecule has 1 fully saturated rings. The van der Waals surface area contributed by atoms with Crippen LogP contribution in [0.4, 0.5) is 0 Å². The highest BCUT2D eigenvalue weighted by Gasteiger charge is 2.31. The number of sulfonamides is 1. The third-order valence-electron chi connectivity index (χ3n) is 3.44. The molecule has 1 aliphatic carbocycles. The first-order valence-corrected chi connectivity index (χ1v) is 8.58. The second kappa shape index (κ2) is 6.65. The molecule has 0 heterocycles. The lowest BCUT2D eigenvalue weighted by atomic mass is 10.2. The highest BCUT2D eigenvalue weighted by molar-refractivity contribution is 7.89. The minimum Gasteiger partial charge on any atom is -0.478 e. The average Bonchev–Trinajstić information content (AvgIpc) is 3.26. The molecule has 1 N–H and O–H groups in total. The first-order chi connectivity index (χ1) is 10.4. The zero-order chi connectivity index (χ0) is 16.3. The fourth-order valence-electron chi connectivity index (χ4n) is 2.05. The molecule has 118 valence electrons. The van der Waals surface area contributed by atoms with Gasteiger partial charge in [-0.2, -0.15) is 9.57 Å². The molecule has 6 nitrogen and oxygen atoms in total. The second-order valence-corrected chi connectivity index (χ2v) is 7.51. The van der Waals surface area contributed by atoms with E-state index in [1.165, 1.54) is 16.4 Å². The van der Waals surface area contributed by atoms with E-state index >= 15 is 0 Å². The van der Waals surface area contributed by atoms with Gasteiger partial charge in [0, 0.05) is 19.5 Å². The Kier molecular flexibility index (Phi) is 5.06. The maximum atomic E-state index is 12.6. The number of aromatic carboxylic acids is 1. The van der Waals surface area contributed by atoms with E-state index in [4.69, 9.17) is 22.0 Å². The summed E-state index contributed by atoms with van der Waals surface area (Å²) < 4.78 is 26.6. The molecular formula is C14H15ClN2O4S. The van der Waals surface area contributed by atoms with Gasteiger partial charge < -0.3 is 5.11 Å². The lowest BCUT2D eigenvalue weighted by molar-refractivity contribution is 0.0697. The first-order valence-electron chi connectivity index (χ1n) is 6.76. The number of carboxylic acid groups (broad SMARTS) is 1. The predicted molar refractivity (Wildman–Crippen MR) is 80.1 cm³/mol. The lowest BCUT2D eigenvalue weighted by Crippen LogP contribution is -2.33. The number of nitrogens with zero attached hydrogens (tertiary/aromatic N) is 2. The van der Waals surface area contributed by atoms with Crippen molar-refractivity contribution in [3.8, 4) is 6.07 Å². The monoisotopic (exact) mass is 342 g/mol. The van der Waals surface area contributed by atoms with Crippen molar-refractivity contribution in [2.24, 2.45) is 5.92 Å². The highest BCUT2D eigenvalue weighted by Crippen LogP contribution is 2.32. The van der Waals surface area contributed by atoms with Crippen molar-refractivity contribution in [3.05, 3.63) is 28.8 Å². The SMILES string of the molecule is N#CCCN(CC1CC1)S(=O)(=O)c1ccc(C(=O)O)c(Cl)c1. The van der Waals surface area contributed by atoms with Crippen molar-refractivity contribution in [2.75, 3.05) is 13.1 Å². The van der Waals surface area contributed by atoms with E-state index in [0.717, 1.165) is 18.9 Å². The fourth-order valence-corrected chi connectivity index (χ4v) is 3.92. The molecule has 1 saturated carbocycles. The summed E-state index contributed by atoms with van der Waals surface area (Å²) in [7, 11) is -3.79. The molecule has 0 spiro atoms. The van der Waals surface area contributed by atoms with Crippen molar-refractivity contribution in [2.45, 2.75) is 24.2 Å². The van der Waals surface area contributed by atoms with E-state index in [1.54, 1.807) is 0 Å². The Balaban J connectivity index is 2.31. The highest BCUT2D eigenvalue weighted by atomic mass is 35.5. The summed E-state index contributed by atoms with van der Waals surface area (Å²) in [4.78, 5) is 10.9. The standard InChI is InChI=1S/C14H15ClN2O4S/c15-13-8-11(4-5-12(13)14(18)19)22(20,21)17(7-1-6-16)9-10-2-3-10/h4-5,8,10H,1-3,7,9H2,(H,18,19). The quantitative estimate of drug-likeness (QED) is 0.820. The molecule has 8 heteroatoms. The van der Waals surface area contributed by atoms with Crippen LogP contribution >= 0.6 is 11.6 Å². The Bertz CT molecular complexity index is 723. The van der Waals surface area contributed by atoms with E-state index in [1.807, 2.05) is 6.07 Å². The second-order valence-electron chi connectivity index (χ2n) is 5.16. The van der Waals surface area contributed by atoms with Gasteiger partial charge in [0.25, 0.3) is 0 Å². The Morgan fingerprint density at radius 2 is 2.14 bits per heavy atom. The summed E-state index contributed by atoms with van der Waals surface area (Å²) in [6.07, 6.45) is 2.07. The van der Waals surface area contributed by atoms with Crippen LogP contribution in [0.5, 0.6) is 0 Å². The summed E-state index contributed by atoms with van der Waals surface area (Å²) in [6, 6.07) is 5.50. The van der Waals surface area contributed by atoms with Crippen LogP contribution in [0.15, 0.2) is 23.1 Å². The molecule has 0 bridgehead atoms. The van der Waals surface area contributed by atoms with E-state index < -0.39 is 16.0 Å². The van der Waals surface area contributed by atoms with E-state index in [0.29, 0.717) is 12.5 Å². The summed E-state index contributed by atoms with van der Waals surface area (Å²) in [5, 5.41) is 17.5. The van der Waals surface area contributed by atoms with Gasteiger partial charge in [-0.1, -0.05) is 11.6 Å². The Hall–Kier alpha value is -1.62. The molecule has 22 heavy (non-hydrogen) atoms. The molecule has 2 rings (SSSR count). The van der Waals surface area contributed by atoms with E-state index in [2.05, 4.69) is 0 Å². The van der Waals surface area contributed by atoms with Crippen LogP contribution < -0.4 is 0 Å². The third-order valence-corrected chi connectivity index (χ3v) is 5.61. The Morgan fingerprint density at radius 3 is 2.64 bits per heavy atom.